The molecule has 2 N–H and O–H groups in total. The summed E-state index contributed by atoms with van der Waals surface area (Å²) in [4.78, 5) is 4.99. The van der Waals surface area contributed by atoms with Gasteiger partial charge >= 0.3 is 0 Å². The van der Waals surface area contributed by atoms with Crippen LogP contribution in [0, 0.1) is 0 Å². The summed E-state index contributed by atoms with van der Waals surface area (Å²) in [6.07, 6.45) is 2.68. The first-order valence-corrected chi connectivity index (χ1v) is 7.85. The van der Waals surface area contributed by atoms with Gasteiger partial charge in [-0.1, -0.05) is 22.9 Å². The van der Waals surface area contributed by atoms with Gasteiger partial charge < -0.3 is 10.6 Å². The van der Waals surface area contributed by atoms with Crippen molar-refractivity contribution in [2.75, 3.05) is 32.4 Å². The fraction of sp³-hybridized carbons (Fsp3) is 0.600. The molecular weight excluding hydrogens is 302 g/mol. The highest BCUT2D eigenvalue weighted by Crippen LogP contribution is 2.20. The van der Waals surface area contributed by atoms with E-state index in [2.05, 4.69) is 51.8 Å². The Morgan fingerprint density at radius 2 is 2.21 bits per heavy atom. The second kappa shape index (κ2) is 6.73. The molecule has 0 aromatic heterocycles. The van der Waals surface area contributed by atoms with Crippen LogP contribution in [0.4, 0.5) is 5.69 Å². The van der Waals surface area contributed by atoms with Crippen LogP contribution in [-0.2, 0) is 6.54 Å². The Morgan fingerprint density at radius 1 is 1.42 bits per heavy atom. The van der Waals surface area contributed by atoms with Crippen LogP contribution in [0.25, 0.3) is 0 Å². The topological polar surface area (TPSA) is 32.5 Å². The maximum absolute atomic E-state index is 5.89. The molecule has 1 heterocycles. The zero-order chi connectivity index (χ0) is 13.8. The molecule has 1 unspecified atom stereocenters. The quantitative estimate of drug-likeness (QED) is 0.845. The molecule has 1 aliphatic heterocycles. The van der Waals surface area contributed by atoms with Gasteiger partial charge in [-0.25, -0.2) is 0 Å². The van der Waals surface area contributed by atoms with E-state index in [4.69, 9.17) is 5.73 Å². The minimum atomic E-state index is 0.722. The van der Waals surface area contributed by atoms with Crippen LogP contribution < -0.4 is 5.73 Å². The number of nitrogens with two attached hydrogens (primary N) is 1. The van der Waals surface area contributed by atoms with Gasteiger partial charge in [0.05, 0.1) is 0 Å². The average Bonchev–Trinajstić information content (AvgIpc) is 2.74. The van der Waals surface area contributed by atoms with Crippen molar-refractivity contribution in [2.24, 2.45) is 0 Å². The van der Waals surface area contributed by atoms with Crippen molar-refractivity contribution in [2.45, 2.75) is 32.4 Å². The molecule has 106 valence electrons. The minimum absolute atomic E-state index is 0.722. The summed E-state index contributed by atoms with van der Waals surface area (Å²) in [5.74, 6) is 0. The van der Waals surface area contributed by atoms with Crippen molar-refractivity contribution in [1.82, 2.24) is 9.80 Å². The van der Waals surface area contributed by atoms with Crippen molar-refractivity contribution in [3.63, 3.8) is 0 Å². The van der Waals surface area contributed by atoms with Crippen LogP contribution in [0.2, 0.25) is 0 Å². The van der Waals surface area contributed by atoms with E-state index in [0.29, 0.717) is 0 Å². The molecular formula is C15H24BrN3. The van der Waals surface area contributed by atoms with Crippen LogP contribution in [0.5, 0.6) is 0 Å². The van der Waals surface area contributed by atoms with Gasteiger partial charge in [0.25, 0.3) is 0 Å². The molecule has 0 spiro atoms. The first-order valence-electron chi connectivity index (χ1n) is 7.06. The lowest BCUT2D eigenvalue weighted by atomic mass is 10.1. The van der Waals surface area contributed by atoms with Gasteiger partial charge in [-0.15, -0.1) is 0 Å². The number of nitrogen functional groups attached to an aromatic ring is 1. The van der Waals surface area contributed by atoms with Crippen molar-refractivity contribution >= 4 is 21.6 Å². The second-order valence-electron chi connectivity index (χ2n) is 5.51. The predicted octanol–water partition coefficient (Wildman–Crippen LogP) is 2.95. The first-order chi connectivity index (χ1) is 9.08. The molecule has 0 saturated carbocycles. The summed E-state index contributed by atoms with van der Waals surface area (Å²) in [6, 6.07) is 6.88. The molecule has 3 nitrogen and oxygen atoms in total. The number of likely N-dealkylation sites (tertiary alicyclic amines) is 1. The van der Waals surface area contributed by atoms with Crippen LogP contribution in [0.3, 0.4) is 0 Å². The highest BCUT2D eigenvalue weighted by atomic mass is 79.9. The Balaban J connectivity index is 1.91. The molecule has 0 radical (unpaired) electrons. The van der Waals surface area contributed by atoms with E-state index in [9.17, 15) is 0 Å². The standard InChI is InChI=1S/C15H24BrN3/c1-3-19-6-4-5-15(19)11-18(2)10-12-7-13(16)9-14(17)8-12/h7-9,15H,3-6,10-11,17H2,1-2H3. The first kappa shape index (κ1) is 14.8. The van der Waals surface area contributed by atoms with Gasteiger partial charge in [-0.05, 0) is 56.7 Å². The van der Waals surface area contributed by atoms with Crippen molar-refractivity contribution in [3.8, 4) is 0 Å². The number of anilines is 1. The fourth-order valence-corrected chi connectivity index (χ4v) is 3.58. The third-order valence-electron chi connectivity index (χ3n) is 3.86. The van der Waals surface area contributed by atoms with Crippen LogP contribution in [-0.4, -0.2) is 42.5 Å². The van der Waals surface area contributed by atoms with E-state index in [0.717, 1.165) is 29.3 Å². The smallest absolute Gasteiger partial charge is 0.0328 e. The molecule has 1 aromatic rings. The van der Waals surface area contributed by atoms with Gasteiger partial charge in [0.2, 0.25) is 0 Å². The number of likely N-dealkylation sites (N-methyl/N-ethyl adjacent to an activating group) is 2. The number of hydrogen-bond acceptors (Lipinski definition) is 3. The van der Waals surface area contributed by atoms with Gasteiger partial charge in [-0.2, -0.15) is 0 Å². The minimum Gasteiger partial charge on any atom is -0.399 e. The summed E-state index contributed by atoms with van der Waals surface area (Å²) in [7, 11) is 2.20. The Hall–Kier alpha value is -0.580. The Bertz CT molecular complexity index is 402. The Morgan fingerprint density at radius 3 is 2.89 bits per heavy atom. The average molecular weight is 326 g/mol. The molecule has 1 aromatic carbocycles. The van der Waals surface area contributed by atoms with Gasteiger partial charge in [-0.3, -0.25) is 4.90 Å². The third kappa shape index (κ3) is 4.20. The zero-order valence-corrected chi connectivity index (χ0v) is 13.5. The largest absolute Gasteiger partial charge is 0.399 e. The third-order valence-corrected chi connectivity index (χ3v) is 4.32. The molecule has 1 saturated heterocycles. The number of rotatable bonds is 5. The predicted molar refractivity (Wildman–Crippen MR) is 85.2 cm³/mol. The van der Waals surface area contributed by atoms with E-state index in [-0.39, 0.29) is 0 Å². The molecule has 1 aliphatic rings. The molecule has 1 atom stereocenters. The molecule has 0 amide bonds. The monoisotopic (exact) mass is 325 g/mol. The van der Waals surface area contributed by atoms with Gasteiger partial charge in [0.15, 0.2) is 0 Å². The maximum atomic E-state index is 5.89. The number of nitrogens with zero attached hydrogens (tertiary/aromatic N) is 2. The van der Waals surface area contributed by atoms with Crippen LogP contribution in [0.15, 0.2) is 22.7 Å². The highest BCUT2D eigenvalue weighted by Gasteiger charge is 2.23. The summed E-state index contributed by atoms with van der Waals surface area (Å²) in [5, 5.41) is 0. The SMILES string of the molecule is CCN1CCCC1CN(C)Cc1cc(N)cc(Br)c1. The summed E-state index contributed by atoms with van der Waals surface area (Å²) in [5.41, 5.74) is 7.99. The Kier molecular flexibility index (Phi) is 5.25. The molecule has 0 aliphatic carbocycles. The number of halogens is 1. The van der Waals surface area contributed by atoms with Crippen molar-refractivity contribution in [1.29, 1.82) is 0 Å². The summed E-state index contributed by atoms with van der Waals surface area (Å²) < 4.78 is 1.06. The summed E-state index contributed by atoms with van der Waals surface area (Å²) >= 11 is 3.51. The second-order valence-corrected chi connectivity index (χ2v) is 6.43. The summed E-state index contributed by atoms with van der Waals surface area (Å²) in [6.45, 7) is 6.78. The number of benzene rings is 1. The van der Waals surface area contributed by atoms with Crippen molar-refractivity contribution < 1.29 is 0 Å². The number of hydrogen-bond donors (Lipinski definition) is 1. The molecule has 0 bridgehead atoms. The van der Waals surface area contributed by atoms with E-state index >= 15 is 0 Å². The molecule has 1 fully saturated rings. The van der Waals surface area contributed by atoms with E-state index < -0.39 is 0 Å². The fourth-order valence-electron chi connectivity index (χ4n) is 3.02. The lowest BCUT2D eigenvalue weighted by Crippen LogP contribution is -2.38. The molecule has 19 heavy (non-hydrogen) atoms. The van der Waals surface area contributed by atoms with E-state index in [1.807, 2.05) is 6.07 Å². The van der Waals surface area contributed by atoms with Gasteiger partial charge in [0, 0.05) is 29.3 Å². The lowest BCUT2D eigenvalue weighted by Gasteiger charge is -2.27. The normalized spacial score (nSPS) is 20.3. The highest BCUT2D eigenvalue weighted by molar-refractivity contribution is 9.10. The lowest BCUT2D eigenvalue weighted by molar-refractivity contribution is 0.195. The van der Waals surface area contributed by atoms with E-state index in [1.165, 1.54) is 31.5 Å². The van der Waals surface area contributed by atoms with E-state index in [1.54, 1.807) is 0 Å². The molecule has 2 rings (SSSR count). The zero-order valence-electron chi connectivity index (χ0n) is 11.9. The van der Waals surface area contributed by atoms with Gasteiger partial charge in [0.1, 0.15) is 0 Å². The Labute approximate surface area is 124 Å². The molecule has 4 heteroatoms. The maximum Gasteiger partial charge on any atom is 0.0328 e. The van der Waals surface area contributed by atoms with Crippen molar-refractivity contribution in [3.05, 3.63) is 28.2 Å². The van der Waals surface area contributed by atoms with Crippen LogP contribution >= 0.6 is 15.9 Å². The van der Waals surface area contributed by atoms with Crippen LogP contribution in [0.1, 0.15) is 25.3 Å².